The maximum atomic E-state index is 11.8. The summed E-state index contributed by atoms with van der Waals surface area (Å²) in [5.41, 5.74) is 0. The van der Waals surface area contributed by atoms with Crippen molar-refractivity contribution in [1.29, 1.82) is 0 Å². The van der Waals surface area contributed by atoms with Gasteiger partial charge in [-0.2, -0.15) is 0 Å². The number of carbonyl (C=O) groups excluding carboxylic acids is 2. The number of hydrogen-bond donors (Lipinski definition) is 2. The molecular formula is C13H22N2O2. The Morgan fingerprint density at radius 3 is 2.82 bits per heavy atom. The standard InChI is InChI=1S/C13H22N2O2/c1-9-4-2-3-5-10(9)7-15-13(17)11-6-12(16)14-8-11/h9-11H,2-8H2,1H3,(H,14,16)(H,15,17). The number of rotatable bonds is 3. The van der Waals surface area contributed by atoms with Crippen LogP contribution in [0.4, 0.5) is 0 Å². The van der Waals surface area contributed by atoms with Crippen LogP contribution in [-0.4, -0.2) is 24.9 Å². The Labute approximate surface area is 103 Å². The Morgan fingerprint density at radius 2 is 2.18 bits per heavy atom. The first-order valence-electron chi connectivity index (χ1n) is 6.71. The predicted octanol–water partition coefficient (Wildman–Crippen LogP) is 1.06. The predicted molar refractivity (Wildman–Crippen MR) is 65.2 cm³/mol. The van der Waals surface area contributed by atoms with Gasteiger partial charge in [0.2, 0.25) is 11.8 Å². The molecule has 17 heavy (non-hydrogen) atoms. The normalized spacial score (nSPS) is 33.2. The van der Waals surface area contributed by atoms with Gasteiger partial charge in [-0.1, -0.05) is 26.2 Å². The Hall–Kier alpha value is -1.06. The average molecular weight is 238 g/mol. The highest BCUT2D eigenvalue weighted by atomic mass is 16.2. The maximum Gasteiger partial charge on any atom is 0.225 e. The Kier molecular flexibility index (Phi) is 4.02. The molecule has 0 aromatic carbocycles. The van der Waals surface area contributed by atoms with Crippen molar-refractivity contribution in [2.24, 2.45) is 17.8 Å². The number of carbonyl (C=O) groups is 2. The highest BCUT2D eigenvalue weighted by molar-refractivity contribution is 5.89. The van der Waals surface area contributed by atoms with Gasteiger partial charge in [0, 0.05) is 19.5 Å². The first-order chi connectivity index (χ1) is 8.16. The van der Waals surface area contributed by atoms with E-state index >= 15 is 0 Å². The second kappa shape index (κ2) is 5.52. The van der Waals surface area contributed by atoms with Crippen LogP contribution < -0.4 is 10.6 Å². The highest BCUT2D eigenvalue weighted by Gasteiger charge is 2.29. The molecule has 0 radical (unpaired) electrons. The topological polar surface area (TPSA) is 58.2 Å². The average Bonchev–Trinajstić information content (AvgIpc) is 2.74. The SMILES string of the molecule is CC1CCCCC1CNC(=O)C1CNC(=O)C1. The minimum absolute atomic E-state index is 0.00353. The number of amides is 2. The van der Waals surface area contributed by atoms with Gasteiger partial charge in [-0.05, 0) is 18.3 Å². The monoisotopic (exact) mass is 238 g/mol. The fraction of sp³-hybridized carbons (Fsp3) is 0.846. The summed E-state index contributed by atoms with van der Waals surface area (Å²) in [6, 6.07) is 0. The summed E-state index contributed by atoms with van der Waals surface area (Å²) in [5, 5.41) is 5.71. The maximum absolute atomic E-state index is 11.8. The van der Waals surface area contributed by atoms with Gasteiger partial charge in [0.25, 0.3) is 0 Å². The van der Waals surface area contributed by atoms with Gasteiger partial charge >= 0.3 is 0 Å². The largest absolute Gasteiger partial charge is 0.356 e. The molecule has 3 unspecified atom stereocenters. The molecule has 2 fully saturated rings. The third kappa shape index (κ3) is 3.20. The van der Waals surface area contributed by atoms with Crippen molar-refractivity contribution < 1.29 is 9.59 Å². The van der Waals surface area contributed by atoms with Gasteiger partial charge in [-0.15, -0.1) is 0 Å². The third-order valence-corrected chi connectivity index (χ3v) is 4.18. The Bertz CT molecular complexity index is 304. The summed E-state index contributed by atoms with van der Waals surface area (Å²) in [7, 11) is 0. The molecule has 0 spiro atoms. The van der Waals surface area contributed by atoms with E-state index in [2.05, 4.69) is 17.6 Å². The first-order valence-corrected chi connectivity index (χ1v) is 6.71. The Morgan fingerprint density at radius 1 is 1.41 bits per heavy atom. The van der Waals surface area contributed by atoms with Gasteiger partial charge < -0.3 is 10.6 Å². The molecule has 2 rings (SSSR count). The molecule has 0 aromatic heterocycles. The van der Waals surface area contributed by atoms with E-state index in [4.69, 9.17) is 0 Å². The van der Waals surface area contributed by atoms with Crippen molar-refractivity contribution in [3.05, 3.63) is 0 Å². The van der Waals surface area contributed by atoms with Gasteiger partial charge in [0.1, 0.15) is 0 Å². The van der Waals surface area contributed by atoms with Crippen molar-refractivity contribution in [3.63, 3.8) is 0 Å². The van der Waals surface area contributed by atoms with E-state index in [9.17, 15) is 9.59 Å². The van der Waals surface area contributed by atoms with E-state index in [1.165, 1.54) is 25.7 Å². The number of hydrogen-bond acceptors (Lipinski definition) is 2. The van der Waals surface area contributed by atoms with E-state index in [1.54, 1.807) is 0 Å². The second-order valence-electron chi connectivity index (χ2n) is 5.47. The molecule has 4 nitrogen and oxygen atoms in total. The quantitative estimate of drug-likeness (QED) is 0.772. The van der Waals surface area contributed by atoms with E-state index in [1.807, 2.05) is 0 Å². The Balaban J connectivity index is 1.73. The lowest BCUT2D eigenvalue weighted by Gasteiger charge is -2.29. The van der Waals surface area contributed by atoms with Crippen LogP contribution >= 0.6 is 0 Å². The van der Waals surface area contributed by atoms with Crippen molar-refractivity contribution >= 4 is 11.8 Å². The van der Waals surface area contributed by atoms with Gasteiger partial charge in [-0.25, -0.2) is 0 Å². The van der Waals surface area contributed by atoms with Crippen LogP contribution in [0.3, 0.4) is 0 Å². The molecule has 1 aliphatic heterocycles. The van der Waals surface area contributed by atoms with Crippen molar-refractivity contribution in [2.45, 2.75) is 39.0 Å². The smallest absolute Gasteiger partial charge is 0.225 e. The fourth-order valence-corrected chi connectivity index (χ4v) is 2.86. The van der Waals surface area contributed by atoms with Crippen LogP contribution in [0.5, 0.6) is 0 Å². The minimum atomic E-state index is -0.151. The highest BCUT2D eigenvalue weighted by Crippen LogP contribution is 2.28. The summed E-state index contributed by atoms with van der Waals surface area (Å²) in [6.45, 7) is 3.56. The molecule has 0 aromatic rings. The minimum Gasteiger partial charge on any atom is -0.356 e. The molecule has 96 valence electrons. The molecule has 2 aliphatic rings. The fourth-order valence-electron chi connectivity index (χ4n) is 2.86. The van der Waals surface area contributed by atoms with Gasteiger partial charge in [0.05, 0.1) is 5.92 Å². The summed E-state index contributed by atoms with van der Waals surface area (Å²) in [5.74, 6) is 1.23. The van der Waals surface area contributed by atoms with Crippen LogP contribution in [0, 0.1) is 17.8 Å². The molecule has 1 heterocycles. The zero-order valence-corrected chi connectivity index (χ0v) is 10.5. The molecule has 3 atom stereocenters. The lowest BCUT2D eigenvalue weighted by Crippen LogP contribution is -2.37. The summed E-state index contributed by atoms with van der Waals surface area (Å²) < 4.78 is 0. The summed E-state index contributed by atoms with van der Waals surface area (Å²) >= 11 is 0. The summed E-state index contributed by atoms with van der Waals surface area (Å²) in [4.78, 5) is 22.9. The molecule has 4 heteroatoms. The zero-order chi connectivity index (χ0) is 12.3. The third-order valence-electron chi connectivity index (χ3n) is 4.18. The molecule has 2 N–H and O–H groups in total. The van der Waals surface area contributed by atoms with Crippen LogP contribution in [0.25, 0.3) is 0 Å². The van der Waals surface area contributed by atoms with Crippen molar-refractivity contribution in [2.75, 3.05) is 13.1 Å². The molecule has 1 aliphatic carbocycles. The zero-order valence-electron chi connectivity index (χ0n) is 10.5. The summed E-state index contributed by atoms with van der Waals surface area (Å²) in [6.07, 6.45) is 5.47. The van der Waals surface area contributed by atoms with Crippen molar-refractivity contribution in [1.82, 2.24) is 10.6 Å². The first kappa shape index (κ1) is 12.4. The lowest BCUT2D eigenvalue weighted by molar-refractivity contribution is -0.126. The van der Waals surface area contributed by atoms with E-state index < -0.39 is 0 Å². The molecule has 2 amide bonds. The van der Waals surface area contributed by atoms with Gasteiger partial charge in [0.15, 0.2) is 0 Å². The van der Waals surface area contributed by atoms with E-state index in [0.29, 0.717) is 24.8 Å². The van der Waals surface area contributed by atoms with Crippen LogP contribution in [-0.2, 0) is 9.59 Å². The molecule has 1 saturated carbocycles. The van der Waals surface area contributed by atoms with Crippen LogP contribution in [0.1, 0.15) is 39.0 Å². The number of nitrogens with one attached hydrogen (secondary N) is 2. The molecule has 1 saturated heterocycles. The van der Waals surface area contributed by atoms with E-state index in [-0.39, 0.29) is 17.7 Å². The van der Waals surface area contributed by atoms with Crippen LogP contribution in [0.2, 0.25) is 0 Å². The second-order valence-corrected chi connectivity index (χ2v) is 5.47. The van der Waals surface area contributed by atoms with Crippen LogP contribution in [0.15, 0.2) is 0 Å². The molecular weight excluding hydrogens is 216 g/mol. The van der Waals surface area contributed by atoms with E-state index in [0.717, 1.165) is 6.54 Å². The van der Waals surface area contributed by atoms with Crippen molar-refractivity contribution in [3.8, 4) is 0 Å². The lowest BCUT2D eigenvalue weighted by atomic mass is 9.80. The van der Waals surface area contributed by atoms with Gasteiger partial charge in [-0.3, -0.25) is 9.59 Å². The molecule has 0 bridgehead atoms.